The van der Waals surface area contributed by atoms with Crippen molar-refractivity contribution in [1.82, 2.24) is 25.3 Å². The standard InChI is InChI=1S/C12H12ClN3O2.C9H5ClN2O.C3H7NO2/c1-18-10(17)7-14-5-8-4-9-2-3-15-12(13)11(9)16-6-8;10-9-8-7(1-2-11-9)3-6(5-13)4-12-8;1-6-3(5)2-4/h2-4,6,14H,5,7H2,1H3;1-5H;2,4H2,1H3. The molecule has 0 spiro atoms. The van der Waals surface area contributed by atoms with Crippen molar-refractivity contribution >= 4 is 63.2 Å². The van der Waals surface area contributed by atoms with E-state index in [0.717, 1.165) is 22.6 Å². The third-order valence-electron chi connectivity index (χ3n) is 4.54. The minimum absolute atomic E-state index is 0.0312. The number of methoxy groups -OCH3 is 2. The van der Waals surface area contributed by atoms with Gasteiger partial charge in [-0.05, 0) is 29.8 Å². The van der Waals surface area contributed by atoms with Crippen molar-refractivity contribution in [2.75, 3.05) is 27.3 Å². The molecule has 3 N–H and O–H groups in total. The molecule has 0 aliphatic carbocycles. The van der Waals surface area contributed by atoms with Crippen LogP contribution in [0.5, 0.6) is 0 Å². The number of esters is 2. The fraction of sp³-hybridized carbons (Fsp3) is 0.208. The first-order valence-electron chi connectivity index (χ1n) is 10.6. The maximum atomic E-state index is 10.9. The summed E-state index contributed by atoms with van der Waals surface area (Å²) in [6.07, 6.45) is 7.16. The molecule has 4 aromatic rings. The summed E-state index contributed by atoms with van der Waals surface area (Å²) in [5, 5.41) is 5.46. The van der Waals surface area contributed by atoms with Gasteiger partial charge in [-0.1, -0.05) is 23.2 Å². The number of nitrogens with one attached hydrogen (secondary N) is 1. The Morgan fingerprint density at radius 3 is 2.00 bits per heavy atom. The van der Waals surface area contributed by atoms with E-state index in [0.29, 0.717) is 33.4 Å². The molecule has 4 rings (SSSR count). The van der Waals surface area contributed by atoms with E-state index >= 15 is 0 Å². The van der Waals surface area contributed by atoms with E-state index < -0.39 is 0 Å². The number of pyridine rings is 4. The Kier molecular flexibility index (Phi) is 12.2. The minimum atomic E-state index is -0.380. The number of ether oxygens (including phenoxy) is 2. The van der Waals surface area contributed by atoms with Crippen LogP contribution in [0.4, 0.5) is 0 Å². The van der Waals surface area contributed by atoms with E-state index in [9.17, 15) is 14.4 Å². The number of rotatable bonds is 6. The minimum Gasteiger partial charge on any atom is -0.468 e. The number of nitrogens with zero attached hydrogens (tertiary/aromatic N) is 4. The molecule has 37 heavy (non-hydrogen) atoms. The van der Waals surface area contributed by atoms with Crippen LogP contribution in [-0.4, -0.2) is 65.5 Å². The lowest BCUT2D eigenvalue weighted by Crippen LogP contribution is -2.23. The van der Waals surface area contributed by atoms with Crippen LogP contribution < -0.4 is 11.1 Å². The summed E-state index contributed by atoms with van der Waals surface area (Å²) in [6, 6.07) is 7.29. The summed E-state index contributed by atoms with van der Waals surface area (Å²) in [6.45, 7) is 0.681. The SMILES string of the molecule is COC(=O)CN.COC(=O)CNCc1cnc2c(Cl)nccc2c1.O=Cc1cnc2c(Cl)nccc2c1. The van der Waals surface area contributed by atoms with Crippen molar-refractivity contribution in [2.45, 2.75) is 6.54 Å². The Bertz CT molecular complexity index is 1370. The first kappa shape index (κ1) is 29.5. The molecule has 0 amide bonds. The van der Waals surface area contributed by atoms with Crippen LogP contribution in [0, 0.1) is 0 Å². The van der Waals surface area contributed by atoms with E-state index in [1.54, 1.807) is 30.7 Å². The van der Waals surface area contributed by atoms with Gasteiger partial charge in [-0.3, -0.25) is 24.4 Å². The van der Waals surface area contributed by atoms with Crippen LogP contribution in [0.25, 0.3) is 21.8 Å². The van der Waals surface area contributed by atoms with Crippen molar-refractivity contribution in [3.05, 3.63) is 70.5 Å². The van der Waals surface area contributed by atoms with Gasteiger partial charge in [-0.2, -0.15) is 0 Å². The lowest BCUT2D eigenvalue weighted by atomic mass is 10.2. The zero-order chi connectivity index (χ0) is 27.2. The molecule has 0 saturated heterocycles. The van der Waals surface area contributed by atoms with E-state index in [4.69, 9.17) is 28.9 Å². The predicted molar refractivity (Wildman–Crippen MR) is 139 cm³/mol. The van der Waals surface area contributed by atoms with Crippen molar-refractivity contribution in [3.63, 3.8) is 0 Å². The first-order chi connectivity index (χ1) is 17.8. The van der Waals surface area contributed by atoms with Crippen molar-refractivity contribution in [1.29, 1.82) is 0 Å². The predicted octanol–water partition coefficient (Wildman–Crippen LogP) is 2.76. The third kappa shape index (κ3) is 9.32. The average Bonchev–Trinajstić information content (AvgIpc) is 2.93. The van der Waals surface area contributed by atoms with Crippen LogP contribution in [0.1, 0.15) is 15.9 Å². The Hall–Kier alpha value is -3.77. The van der Waals surface area contributed by atoms with Crippen molar-refractivity contribution in [2.24, 2.45) is 5.73 Å². The molecule has 0 bridgehead atoms. The molecule has 4 heterocycles. The zero-order valence-electron chi connectivity index (χ0n) is 20.0. The summed E-state index contributed by atoms with van der Waals surface area (Å²) in [5.74, 6) is -0.675. The maximum absolute atomic E-state index is 10.9. The van der Waals surface area contributed by atoms with Gasteiger partial charge < -0.3 is 20.5 Å². The molecule has 194 valence electrons. The second-order valence-electron chi connectivity index (χ2n) is 7.04. The third-order valence-corrected chi connectivity index (χ3v) is 5.10. The Morgan fingerprint density at radius 1 is 0.919 bits per heavy atom. The molecule has 0 aliphatic rings. The largest absolute Gasteiger partial charge is 0.468 e. The van der Waals surface area contributed by atoms with Gasteiger partial charge in [-0.25, -0.2) is 9.97 Å². The van der Waals surface area contributed by atoms with Crippen LogP contribution in [0.2, 0.25) is 10.3 Å². The molecule has 0 aliphatic heterocycles. The monoisotopic (exact) mass is 546 g/mol. The topological polar surface area (TPSA) is 159 Å². The molecule has 13 heteroatoms. The second-order valence-corrected chi connectivity index (χ2v) is 7.75. The lowest BCUT2D eigenvalue weighted by molar-refractivity contribution is -0.140. The van der Waals surface area contributed by atoms with Gasteiger partial charge in [0.1, 0.15) is 11.0 Å². The van der Waals surface area contributed by atoms with E-state index in [1.165, 1.54) is 20.4 Å². The number of aromatic nitrogens is 4. The van der Waals surface area contributed by atoms with Gasteiger partial charge in [0.15, 0.2) is 16.6 Å². The number of carbonyl (C=O) groups is 3. The van der Waals surface area contributed by atoms with Gasteiger partial charge in [0.25, 0.3) is 0 Å². The number of aldehydes is 1. The van der Waals surface area contributed by atoms with E-state index in [2.05, 4.69) is 34.7 Å². The highest BCUT2D eigenvalue weighted by Crippen LogP contribution is 2.19. The fourth-order valence-electron chi connectivity index (χ4n) is 2.74. The zero-order valence-corrected chi connectivity index (χ0v) is 21.5. The molecule has 0 fully saturated rings. The Morgan fingerprint density at radius 2 is 1.49 bits per heavy atom. The van der Waals surface area contributed by atoms with Crippen molar-refractivity contribution < 1.29 is 23.9 Å². The molecular formula is C24H24Cl2N6O5. The van der Waals surface area contributed by atoms with Crippen LogP contribution >= 0.6 is 23.2 Å². The molecule has 0 unspecified atom stereocenters. The molecule has 4 aromatic heterocycles. The average molecular weight is 547 g/mol. The summed E-state index contributed by atoms with van der Waals surface area (Å²) < 4.78 is 8.67. The molecule has 0 atom stereocenters. The lowest BCUT2D eigenvalue weighted by Gasteiger charge is -2.05. The summed E-state index contributed by atoms with van der Waals surface area (Å²) >= 11 is 11.7. The number of fused-ring (bicyclic) bond motifs is 2. The highest BCUT2D eigenvalue weighted by atomic mass is 35.5. The van der Waals surface area contributed by atoms with Crippen LogP contribution in [0.15, 0.2) is 49.1 Å². The number of carbonyl (C=O) groups excluding carboxylic acids is 3. The molecule has 11 nitrogen and oxygen atoms in total. The van der Waals surface area contributed by atoms with Crippen molar-refractivity contribution in [3.8, 4) is 0 Å². The van der Waals surface area contributed by atoms with Gasteiger partial charge in [0.2, 0.25) is 0 Å². The summed E-state index contributed by atoms with van der Waals surface area (Å²) in [5.41, 5.74) is 7.61. The number of hydrogen-bond donors (Lipinski definition) is 2. The molecule has 0 saturated carbocycles. The first-order valence-corrected chi connectivity index (χ1v) is 11.4. The van der Waals surface area contributed by atoms with E-state index in [-0.39, 0.29) is 25.0 Å². The fourth-order valence-corrected chi connectivity index (χ4v) is 3.17. The summed E-state index contributed by atoms with van der Waals surface area (Å²) in [4.78, 5) is 47.3. The molecule has 0 radical (unpaired) electrons. The van der Waals surface area contributed by atoms with Crippen LogP contribution in [-0.2, 0) is 25.6 Å². The molecule has 0 aromatic carbocycles. The van der Waals surface area contributed by atoms with Gasteiger partial charge in [0.05, 0.1) is 27.3 Å². The number of nitrogens with two attached hydrogens (primary N) is 1. The van der Waals surface area contributed by atoms with Crippen LogP contribution in [0.3, 0.4) is 0 Å². The maximum Gasteiger partial charge on any atom is 0.319 e. The van der Waals surface area contributed by atoms with Gasteiger partial charge in [0, 0.05) is 47.7 Å². The van der Waals surface area contributed by atoms with E-state index in [1.807, 2.05) is 12.1 Å². The highest BCUT2D eigenvalue weighted by Gasteiger charge is 2.04. The number of halogens is 2. The van der Waals surface area contributed by atoms with Gasteiger partial charge in [-0.15, -0.1) is 0 Å². The second kappa shape index (κ2) is 15.4. The number of hydrogen-bond acceptors (Lipinski definition) is 11. The normalized spacial score (nSPS) is 9.97. The Labute approximate surface area is 222 Å². The molecular weight excluding hydrogens is 523 g/mol. The Balaban J connectivity index is 0.000000221. The summed E-state index contributed by atoms with van der Waals surface area (Å²) in [7, 11) is 2.66. The quantitative estimate of drug-likeness (QED) is 0.208. The van der Waals surface area contributed by atoms with Gasteiger partial charge >= 0.3 is 11.9 Å². The highest BCUT2D eigenvalue weighted by molar-refractivity contribution is 6.34. The smallest absolute Gasteiger partial charge is 0.319 e.